The maximum atomic E-state index is 13.7. The van der Waals surface area contributed by atoms with Gasteiger partial charge in [0.2, 0.25) is 5.91 Å². The van der Waals surface area contributed by atoms with E-state index in [2.05, 4.69) is 20.4 Å². The smallest absolute Gasteiger partial charge is 0.369 e. The summed E-state index contributed by atoms with van der Waals surface area (Å²) in [4.78, 5) is 36.1. The Morgan fingerprint density at radius 2 is 1.86 bits per heavy atom. The number of hydrogen-bond donors (Lipinski definition) is 2. The lowest BCUT2D eigenvalue weighted by atomic mass is 10.1. The van der Waals surface area contributed by atoms with Gasteiger partial charge >= 0.3 is 6.18 Å². The number of fused-ring (bicyclic) bond motifs is 1. The number of carbonyl (C=O) groups excluding carboxylic acids is 2. The Balaban J connectivity index is 1.37. The number of rotatable bonds is 8. The standard InChI is InChI=1S/C25H23ClF5N9O2/c26-17-9-14(1-2-15(17)24(42)38-7-5-37(6-8-38)13-20(32)41)35-22-23-34-10-18(40(23)4-3-33-22)16-11-39(12-19(27)28)36-21(16)25(29,30)31/h1-4,9-11,19H,5-8,12-13H2,(H2,32,41)(H,33,35). The van der Waals surface area contributed by atoms with Crippen molar-refractivity contribution >= 4 is 40.6 Å². The van der Waals surface area contributed by atoms with Crippen molar-refractivity contribution < 1.29 is 31.5 Å². The fraction of sp³-hybridized carbons (Fsp3) is 0.320. The molecule has 0 saturated carbocycles. The Morgan fingerprint density at radius 1 is 1.12 bits per heavy atom. The van der Waals surface area contributed by atoms with E-state index in [9.17, 15) is 31.5 Å². The molecule has 1 aromatic carbocycles. The third-order valence-electron chi connectivity index (χ3n) is 6.56. The lowest BCUT2D eigenvalue weighted by Crippen LogP contribution is -2.50. The molecule has 11 nitrogen and oxygen atoms in total. The number of hydrogen-bond acceptors (Lipinski definition) is 7. The molecular formula is C25H23ClF5N9O2. The third kappa shape index (κ3) is 6.13. The van der Waals surface area contributed by atoms with Crippen LogP contribution in [0.25, 0.3) is 16.9 Å². The van der Waals surface area contributed by atoms with Crippen LogP contribution in [0.2, 0.25) is 5.02 Å². The molecule has 0 unspecified atom stereocenters. The fourth-order valence-electron chi connectivity index (χ4n) is 4.66. The Kier molecular flexibility index (Phi) is 8.01. The number of nitrogens with one attached hydrogen (secondary N) is 1. The average molecular weight is 612 g/mol. The number of nitrogens with zero attached hydrogens (tertiary/aromatic N) is 7. The van der Waals surface area contributed by atoms with E-state index in [4.69, 9.17) is 17.3 Å². The molecule has 0 radical (unpaired) electrons. The van der Waals surface area contributed by atoms with Crippen molar-refractivity contribution in [1.82, 2.24) is 33.9 Å². The van der Waals surface area contributed by atoms with Crippen LogP contribution < -0.4 is 11.1 Å². The third-order valence-corrected chi connectivity index (χ3v) is 6.87. The zero-order chi connectivity index (χ0) is 30.2. The van der Waals surface area contributed by atoms with E-state index in [0.29, 0.717) is 36.5 Å². The number of aromatic nitrogens is 5. The van der Waals surface area contributed by atoms with Crippen LogP contribution in [0.3, 0.4) is 0 Å². The molecule has 0 aliphatic carbocycles. The van der Waals surface area contributed by atoms with Gasteiger partial charge in [-0.1, -0.05) is 11.6 Å². The Bertz CT molecular complexity index is 1630. The molecule has 1 saturated heterocycles. The van der Waals surface area contributed by atoms with E-state index < -0.39 is 36.3 Å². The van der Waals surface area contributed by atoms with Crippen molar-refractivity contribution in [1.29, 1.82) is 0 Å². The first-order valence-electron chi connectivity index (χ1n) is 12.5. The lowest BCUT2D eigenvalue weighted by molar-refractivity contribution is -0.141. The Labute approximate surface area is 239 Å². The minimum atomic E-state index is -4.89. The molecule has 3 aromatic heterocycles. The summed E-state index contributed by atoms with van der Waals surface area (Å²) in [5, 5.41) is 6.48. The largest absolute Gasteiger partial charge is 0.435 e. The van der Waals surface area contributed by atoms with Crippen molar-refractivity contribution in [3.63, 3.8) is 0 Å². The van der Waals surface area contributed by atoms with E-state index in [1.54, 1.807) is 11.0 Å². The summed E-state index contributed by atoms with van der Waals surface area (Å²) in [5.41, 5.74) is 4.29. The van der Waals surface area contributed by atoms with Gasteiger partial charge in [0, 0.05) is 50.5 Å². The zero-order valence-corrected chi connectivity index (χ0v) is 22.4. The fourth-order valence-corrected chi connectivity index (χ4v) is 4.92. The summed E-state index contributed by atoms with van der Waals surface area (Å²) in [6.45, 7) is 0.894. The van der Waals surface area contributed by atoms with Crippen LogP contribution in [-0.2, 0) is 17.5 Å². The number of alkyl halides is 5. The molecule has 5 rings (SSSR count). The highest BCUT2D eigenvalue weighted by Crippen LogP contribution is 2.37. The molecule has 42 heavy (non-hydrogen) atoms. The molecule has 1 aliphatic rings. The van der Waals surface area contributed by atoms with E-state index in [-0.39, 0.29) is 40.2 Å². The summed E-state index contributed by atoms with van der Waals surface area (Å²) in [5.74, 6) is -0.557. The number of nitrogens with two attached hydrogens (primary N) is 1. The Morgan fingerprint density at radius 3 is 2.50 bits per heavy atom. The monoisotopic (exact) mass is 611 g/mol. The van der Waals surface area contributed by atoms with Crippen LogP contribution in [0, 0.1) is 0 Å². The molecule has 4 heterocycles. The molecule has 0 spiro atoms. The van der Waals surface area contributed by atoms with E-state index >= 15 is 0 Å². The van der Waals surface area contributed by atoms with Crippen LogP contribution in [0.4, 0.5) is 33.5 Å². The normalized spacial score (nSPS) is 14.6. The molecule has 1 fully saturated rings. The molecule has 0 atom stereocenters. The molecular weight excluding hydrogens is 589 g/mol. The molecule has 2 amide bonds. The van der Waals surface area contributed by atoms with E-state index in [1.165, 1.54) is 35.1 Å². The van der Waals surface area contributed by atoms with E-state index in [1.807, 2.05) is 4.90 Å². The van der Waals surface area contributed by atoms with Crippen LogP contribution in [0.15, 0.2) is 43.0 Å². The highest BCUT2D eigenvalue weighted by molar-refractivity contribution is 6.34. The first-order valence-corrected chi connectivity index (χ1v) is 12.9. The Hall–Kier alpha value is -4.31. The van der Waals surface area contributed by atoms with Gasteiger partial charge in [-0.15, -0.1) is 0 Å². The molecule has 222 valence electrons. The zero-order valence-electron chi connectivity index (χ0n) is 21.7. The van der Waals surface area contributed by atoms with Crippen LogP contribution in [0.1, 0.15) is 16.1 Å². The van der Waals surface area contributed by atoms with Crippen LogP contribution in [-0.4, -0.2) is 84.9 Å². The number of benzene rings is 1. The van der Waals surface area contributed by atoms with Crippen molar-refractivity contribution in [3.05, 3.63) is 59.3 Å². The van der Waals surface area contributed by atoms with Gasteiger partial charge in [0.1, 0.15) is 6.54 Å². The predicted octanol–water partition coefficient (Wildman–Crippen LogP) is 3.52. The predicted molar refractivity (Wildman–Crippen MR) is 141 cm³/mol. The highest BCUT2D eigenvalue weighted by atomic mass is 35.5. The van der Waals surface area contributed by atoms with Gasteiger partial charge < -0.3 is 16.0 Å². The summed E-state index contributed by atoms with van der Waals surface area (Å²) in [7, 11) is 0. The highest BCUT2D eigenvalue weighted by Gasteiger charge is 2.38. The van der Waals surface area contributed by atoms with Crippen LogP contribution in [0.5, 0.6) is 0 Å². The second-order valence-electron chi connectivity index (χ2n) is 9.47. The molecule has 4 aromatic rings. The van der Waals surface area contributed by atoms with Gasteiger partial charge in [0.25, 0.3) is 12.3 Å². The number of carbonyl (C=O) groups is 2. The molecule has 17 heteroatoms. The first kappa shape index (κ1) is 29.2. The van der Waals surface area contributed by atoms with Crippen molar-refractivity contribution in [3.8, 4) is 11.3 Å². The minimum Gasteiger partial charge on any atom is -0.369 e. The van der Waals surface area contributed by atoms with Crippen molar-refractivity contribution in [2.24, 2.45) is 5.73 Å². The number of piperazine rings is 1. The summed E-state index contributed by atoms with van der Waals surface area (Å²) >= 11 is 6.44. The summed E-state index contributed by atoms with van der Waals surface area (Å²) < 4.78 is 68.6. The molecule has 0 bridgehead atoms. The number of imidazole rings is 1. The van der Waals surface area contributed by atoms with Crippen molar-refractivity contribution in [2.45, 2.75) is 19.1 Å². The second kappa shape index (κ2) is 11.5. The molecule has 3 N–H and O–H groups in total. The summed E-state index contributed by atoms with van der Waals surface area (Å²) in [6.07, 6.45) is -3.01. The SMILES string of the molecule is NC(=O)CN1CCN(C(=O)c2ccc(Nc3nccn4c(-c5cn(CC(F)F)nc5C(F)(F)F)cnc34)cc2Cl)CC1. The number of amides is 2. The molecule has 1 aliphatic heterocycles. The van der Waals surface area contributed by atoms with Gasteiger partial charge in [0.15, 0.2) is 17.2 Å². The maximum Gasteiger partial charge on any atom is 0.435 e. The number of halogens is 6. The van der Waals surface area contributed by atoms with Crippen LogP contribution >= 0.6 is 11.6 Å². The number of primary amides is 1. The topological polar surface area (TPSA) is 127 Å². The maximum absolute atomic E-state index is 13.7. The minimum absolute atomic E-state index is 0.0294. The van der Waals surface area contributed by atoms with Crippen molar-refractivity contribution in [2.75, 3.05) is 38.0 Å². The van der Waals surface area contributed by atoms with Gasteiger partial charge in [0.05, 0.1) is 34.6 Å². The first-order chi connectivity index (χ1) is 19.9. The van der Waals surface area contributed by atoms with Gasteiger partial charge in [-0.3, -0.25) is 23.6 Å². The van der Waals surface area contributed by atoms with E-state index in [0.717, 1.165) is 6.20 Å². The summed E-state index contributed by atoms with van der Waals surface area (Å²) in [6, 6.07) is 4.63. The number of anilines is 2. The average Bonchev–Trinajstić information content (AvgIpc) is 3.53. The quantitative estimate of drug-likeness (QED) is 0.292. The van der Waals surface area contributed by atoms with Gasteiger partial charge in [-0.25, -0.2) is 18.7 Å². The van der Waals surface area contributed by atoms with Gasteiger partial charge in [-0.2, -0.15) is 18.3 Å². The second-order valence-corrected chi connectivity index (χ2v) is 9.88. The van der Waals surface area contributed by atoms with Gasteiger partial charge in [-0.05, 0) is 18.2 Å². The lowest BCUT2D eigenvalue weighted by Gasteiger charge is -2.34.